The first-order valence-corrected chi connectivity index (χ1v) is 12.0. The van der Waals surface area contributed by atoms with E-state index in [-0.39, 0.29) is 23.4 Å². The Balaban J connectivity index is 1.46. The van der Waals surface area contributed by atoms with Crippen LogP contribution >= 0.6 is 11.3 Å². The lowest BCUT2D eigenvalue weighted by molar-refractivity contribution is -0.0355. The van der Waals surface area contributed by atoms with Crippen LogP contribution in [0.2, 0.25) is 0 Å². The van der Waals surface area contributed by atoms with Crippen LogP contribution in [0.15, 0.2) is 24.3 Å². The number of rotatable bonds is 10. The molecule has 3 nitrogen and oxygen atoms in total. The van der Waals surface area contributed by atoms with E-state index in [0.29, 0.717) is 23.6 Å². The Labute approximate surface area is 178 Å². The Bertz CT molecular complexity index is 689. The molecule has 2 fully saturated rings. The molecule has 1 N–H and O–H groups in total. The minimum atomic E-state index is -0.759. The van der Waals surface area contributed by atoms with E-state index < -0.39 is 6.17 Å². The normalized spacial score (nSPS) is 27.1. The molecule has 0 saturated heterocycles. The number of alkyl halides is 1. The lowest BCUT2D eigenvalue weighted by atomic mass is 9.63. The topological polar surface area (TPSA) is 46.5 Å². The van der Waals surface area contributed by atoms with E-state index in [4.69, 9.17) is 4.74 Å². The standard InChI is InChI=1S/C24H35FO3S/c1-3-24(15-6-16-24)22(26)10-5-9-19-17(11-13-20(19)25)7-4-8-18-12-14-21(29-18)23(27)28-2/h5,9,12,14,17,19-20,22,26H,3-4,6-8,10-11,13,15-16H2,1-2H3/b9-5+/t17-,19?,20+,22?/m0/s1. The quantitative estimate of drug-likeness (QED) is 0.365. The van der Waals surface area contributed by atoms with Gasteiger partial charge < -0.3 is 9.84 Å². The van der Waals surface area contributed by atoms with Gasteiger partial charge in [0, 0.05) is 10.8 Å². The number of halogens is 1. The molecule has 1 heterocycles. The van der Waals surface area contributed by atoms with E-state index >= 15 is 0 Å². The van der Waals surface area contributed by atoms with Gasteiger partial charge in [0.15, 0.2) is 0 Å². The molecule has 0 aromatic carbocycles. The molecule has 2 aliphatic carbocycles. The Morgan fingerprint density at radius 1 is 1.41 bits per heavy atom. The van der Waals surface area contributed by atoms with E-state index in [9.17, 15) is 14.3 Å². The number of allylic oxidation sites excluding steroid dienone is 1. The highest BCUT2D eigenvalue weighted by atomic mass is 32.1. The molecular weight excluding hydrogens is 387 g/mol. The smallest absolute Gasteiger partial charge is 0.348 e. The Morgan fingerprint density at radius 3 is 2.86 bits per heavy atom. The number of esters is 1. The third-order valence-corrected chi connectivity index (χ3v) is 8.42. The van der Waals surface area contributed by atoms with Crippen LogP contribution in [0.25, 0.3) is 0 Å². The van der Waals surface area contributed by atoms with Crippen molar-refractivity contribution < 1.29 is 19.0 Å². The highest BCUT2D eigenvalue weighted by Crippen LogP contribution is 2.47. The first kappa shape index (κ1) is 22.5. The summed E-state index contributed by atoms with van der Waals surface area (Å²) in [6, 6.07) is 3.81. The Hall–Kier alpha value is -1.20. The zero-order valence-electron chi connectivity index (χ0n) is 17.7. The molecule has 1 aromatic rings. The molecule has 0 bridgehead atoms. The van der Waals surface area contributed by atoms with E-state index in [0.717, 1.165) is 44.9 Å². The van der Waals surface area contributed by atoms with Gasteiger partial charge in [0.1, 0.15) is 11.0 Å². The predicted molar refractivity (Wildman–Crippen MR) is 116 cm³/mol. The number of hydrogen-bond donors (Lipinski definition) is 1. The first-order chi connectivity index (χ1) is 14.0. The zero-order chi connectivity index (χ0) is 20.9. The molecule has 2 saturated carbocycles. The van der Waals surface area contributed by atoms with Gasteiger partial charge in [-0.25, -0.2) is 9.18 Å². The molecule has 3 rings (SSSR count). The van der Waals surface area contributed by atoms with Gasteiger partial charge in [-0.15, -0.1) is 11.3 Å². The van der Waals surface area contributed by atoms with Crippen LogP contribution in [-0.2, 0) is 11.2 Å². The summed E-state index contributed by atoms with van der Waals surface area (Å²) in [5.74, 6) is 0.0776. The van der Waals surface area contributed by atoms with Gasteiger partial charge in [0.25, 0.3) is 0 Å². The molecule has 0 aliphatic heterocycles. The molecule has 0 radical (unpaired) electrons. The second kappa shape index (κ2) is 10.2. The molecule has 5 heteroatoms. The van der Waals surface area contributed by atoms with Crippen molar-refractivity contribution in [1.82, 2.24) is 0 Å². The number of aryl methyl sites for hydroxylation is 1. The Morgan fingerprint density at radius 2 is 2.21 bits per heavy atom. The fourth-order valence-corrected chi connectivity index (χ4v) is 6.06. The maximum Gasteiger partial charge on any atom is 0.348 e. The minimum Gasteiger partial charge on any atom is -0.465 e. The summed E-state index contributed by atoms with van der Waals surface area (Å²) in [5, 5.41) is 10.6. The third-order valence-electron chi connectivity index (χ3n) is 7.30. The SMILES string of the molecule is CCC1(C(O)C/C=C/C2[C@@H](CCCc3ccc(C(=O)OC)s3)CC[C@H]2F)CCC1. The molecule has 2 aliphatic rings. The number of ether oxygens (including phenoxy) is 1. The van der Waals surface area contributed by atoms with Crippen LogP contribution in [0.3, 0.4) is 0 Å². The second-order valence-corrected chi connectivity index (χ2v) is 10.00. The molecule has 4 atom stereocenters. The van der Waals surface area contributed by atoms with Crippen LogP contribution in [-0.4, -0.2) is 30.5 Å². The summed E-state index contributed by atoms with van der Waals surface area (Å²) in [7, 11) is 1.40. The molecule has 29 heavy (non-hydrogen) atoms. The predicted octanol–water partition coefficient (Wildman–Crippen LogP) is 6.11. The van der Waals surface area contributed by atoms with Crippen molar-refractivity contribution >= 4 is 17.3 Å². The monoisotopic (exact) mass is 422 g/mol. The number of thiophene rings is 1. The fraction of sp³-hybridized carbons (Fsp3) is 0.708. The molecule has 0 amide bonds. The van der Waals surface area contributed by atoms with Crippen molar-refractivity contribution in [2.45, 2.75) is 83.4 Å². The van der Waals surface area contributed by atoms with Gasteiger partial charge in [-0.2, -0.15) is 0 Å². The van der Waals surface area contributed by atoms with E-state index in [1.807, 2.05) is 24.3 Å². The number of methoxy groups -OCH3 is 1. The van der Waals surface area contributed by atoms with Crippen molar-refractivity contribution in [3.63, 3.8) is 0 Å². The first-order valence-electron chi connectivity index (χ1n) is 11.1. The highest BCUT2D eigenvalue weighted by molar-refractivity contribution is 7.13. The van der Waals surface area contributed by atoms with Crippen LogP contribution in [0.5, 0.6) is 0 Å². The number of carbonyl (C=O) groups is 1. The van der Waals surface area contributed by atoms with Crippen LogP contribution in [0.1, 0.15) is 79.3 Å². The van der Waals surface area contributed by atoms with Crippen molar-refractivity contribution in [1.29, 1.82) is 0 Å². The highest BCUT2D eigenvalue weighted by Gasteiger charge is 2.41. The van der Waals surface area contributed by atoms with Gasteiger partial charge >= 0.3 is 5.97 Å². The molecule has 162 valence electrons. The summed E-state index contributed by atoms with van der Waals surface area (Å²) in [4.78, 5) is 13.4. The second-order valence-electron chi connectivity index (χ2n) is 8.83. The summed E-state index contributed by atoms with van der Waals surface area (Å²) in [6.45, 7) is 2.17. The zero-order valence-corrected chi connectivity index (χ0v) is 18.6. The summed E-state index contributed by atoms with van der Waals surface area (Å²) in [5.41, 5.74) is 0.109. The molecule has 1 aromatic heterocycles. The van der Waals surface area contributed by atoms with Crippen LogP contribution < -0.4 is 0 Å². The van der Waals surface area contributed by atoms with Crippen LogP contribution in [0.4, 0.5) is 4.39 Å². The van der Waals surface area contributed by atoms with Gasteiger partial charge in [0.2, 0.25) is 0 Å². The van der Waals surface area contributed by atoms with E-state index in [1.165, 1.54) is 29.7 Å². The van der Waals surface area contributed by atoms with Crippen molar-refractivity contribution in [3.05, 3.63) is 34.0 Å². The van der Waals surface area contributed by atoms with Crippen LogP contribution in [0, 0.1) is 17.3 Å². The van der Waals surface area contributed by atoms with Gasteiger partial charge in [-0.1, -0.05) is 25.5 Å². The van der Waals surface area contributed by atoms with Crippen molar-refractivity contribution in [2.75, 3.05) is 7.11 Å². The largest absolute Gasteiger partial charge is 0.465 e. The number of carbonyl (C=O) groups excluding carboxylic acids is 1. The Kier molecular flexibility index (Phi) is 7.92. The van der Waals surface area contributed by atoms with Gasteiger partial charge in [-0.3, -0.25) is 0 Å². The van der Waals surface area contributed by atoms with E-state index in [2.05, 4.69) is 6.92 Å². The molecular formula is C24H35FO3S. The summed E-state index contributed by atoms with van der Waals surface area (Å²) >= 11 is 1.49. The lowest BCUT2D eigenvalue weighted by Gasteiger charge is -2.45. The number of aliphatic hydroxyl groups excluding tert-OH is 1. The lowest BCUT2D eigenvalue weighted by Crippen LogP contribution is -2.40. The fourth-order valence-electron chi connectivity index (χ4n) is 5.10. The maximum atomic E-state index is 14.5. The average Bonchev–Trinajstić information content (AvgIpc) is 3.29. The third kappa shape index (κ3) is 5.29. The van der Waals surface area contributed by atoms with Gasteiger partial charge in [0.05, 0.1) is 13.2 Å². The average molecular weight is 423 g/mol. The number of hydrogen-bond acceptors (Lipinski definition) is 4. The summed E-state index contributed by atoms with van der Waals surface area (Å²) in [6.07, 6.45) is 12.7. The maximum absolute atomic E-state index is 14.5. The molecule has 0 spiro atoms. The van der Waals surface area contributed by atoms with Crippen molar-refractivity contribution in [3.8, 4) is 0 Å². The molecule has 2 unspecified atom stereocenters. The van der Waals surface area contributed by atoms with E-state index in [1.54, 1.807) is 0 Å². The van der Waals surface area contributed by atoms with Crippen molar-refractivity contribution in [2.24, 2.45) is 17.3 Å². The van der Waals surface area contributed by atoms with Gasteiger partial charge in [-0.05, 0) is 81.3 Å². The summed E-state index contributed by atoms with van der Waals surface area (Å²) < 4.78 is 19.2. The minimum absolute atomic E-state index is 0.0184. The number of aliphatic hydroxyl groups is 1.